The van der Waals surface area contributed by atoms with Crippen LogP contribution in [0.25, 0.3) is 0 Å². The molecule has 1 aromatic heterocycles. The SMILES string of the molecule is CC1(C)Oc2ccc(NCc3ccccc3)cc2C(OCCc2ccccc2)C1OC(=O)c1ccco1. The molecule has 2 atom stereocenters. The third kappa shape index (κ3) is 5.87. The van der Waals surface area contributed by atoms with Gasteiger partial charge in [0.2, 0.25) is 5.76 Å². The van der Waals surface area contributed by atoms with Crippen LogP contribution in [0.15, 0.2) is 102 Å². The van der Waals surface area contributed by atoms with Crippen molar-refractivity contribution in [2.45, 2.75) is 44.6 Å². The predicted molar refractivity (Wildman–Crippen MR) is 142 cm³/mol. The number of furan rings is 1. The number of benzene rings is 3. The van der Waals surface area contributed by atoms with Crippen LogP contribution < -0.4 is 10.1 Å². The summed E-state index contributed by atoms with van der Waals surface area (Å²) in [5.41, 5.74) is 3.29. The van der Waals surface area contributed by atoms with E-state index in [0.717, 1.165) is 17.7 Å². The Kier molecular flexibility index (Phi) is 7.28. The van der Waals surface area contributed by atoms with Gasteiger partial charge in [0.25, 0.3) is 0 Å². The molecule has 190 valence electrons. The summed E-state index contributed by atoms with van der Waals surface area (Å²) in [5.74, 6) is 0.304. The Morgan fingerprint density at radius 2 is 1.65 bits per heavy atom. The highest BCUT2D eigenvalue weighted by atomic mass is 16.6. The van der Waals surface area contributed by atoms with Gasteiger partial charge < -0.3 is 23.9 Å². The van der Waals surface area contributed by atoms with Crippen molar-refractivity contribution in [3.63, 3.8) is 0 Å². The molecule has 6 heteroatoms. The van der Waals surface area contributed by atoms with Gasteiger partial charge in [0.15, 0.2) is 6.10 Å². The number of anilines is 1. The largest absolute Gasteiger partial charge is 0.483 e. The Labute approximate surface area is 217 Å². The first-order valence-corrected chi connectivity index (χ1v) is 12.5. The fourth-order valence-electron chi connectivity index (χ4n) is 4.54. The van der Waals surface area contributed by atoms with Crippen LogP contribution in [-0.2, 0) is 22.4 Å². The highest BCUT2D eigenvalue weighted by Gasteiger charge is 2.47. The molecule has 2 heterocycles. The Morgan fingerprint density at radius 3 is 2.35 bits per heavy atom. The lowest BCUT2D eigenvalue weighted by molar-refractivity contribution is -0.140. The van der Waals surface area contributed by atoms with Gasteiger partial charge in [-0.2, -0.15) is 0 Å². The molecule has 2 unspecified atom stereocenters. The van der Waals surface area contributed by atoms with Crippen molar-refractivity contribution in [2.24, 2.45) is 0 Å². The molecule has 0 amide bonds. The van der Waals surface area contributed by atoms with E-state index in [-0.39, 0.29) is 5.76 Å². The van der Waals surface area contributed by atoms with Crippen LogP contribution in [0.5, 0.6) is 5.75 Å². The highest BCUT2D eigenvalue weighted by molar-refractivity contribution is 5.86. The molecular weight excluding hydrogens is 466 g/mol. The second-order valence-electron chi connectivity index (χ2n) is 9.63. The lowest BCUT2D eigenvalue weighted by Crippen LogP contribution is -2.51. The number of rotatable bonds is 9. The molecule has 1 N–H and O–H groups in total. The first kappa shape index (κ1) is 24.7. The maximum absolute atomic E-state index is 12.9. The lowest BCUT2D eigenvalue weighted by Gasteiger charge is -2.43. The first-order chi connectivity index (χ1) is 18.0. The van der Waals surface area contributed by atoms with E-state index < -0.39 is 23.8 Å². The second-order valence-corrected chi connectivity index (χ2v) is 9.63. The minimum absolute atomic E-state index is 0.142. The predicted octanol–water partition coefficient (Wildman–Crippen LogP) is 6.59. The molecule has 0 saturated heterocycles. The maximum atomic E-state index is 12.9. The van der Waals surface area contributed by atoms with Gasteiger partial charge in [0, 0.05) is 17.8 Å². The minimum atomic E-state index is -0.828. The second kappa shape index (κ2) is 10.9. The van der Waals surface area contributed by atoms with Crippen molar-refractivity contribution in [1.29, 1.82) is 0 Å². The van der Waals surface area contributed by atoms with Gasteiger partial charge in [0.1, 0.15) is 17.5 Å². The van der Waals surface area contributed by atoms with E-state index in [0.29, 0.717) is 18.9 Å². The molecule has 1 aliphatic heterocycles. The van der Waals surface area contributed by atoms with E-state index in [1.165, 1.54) is 17.4 Å². The van der Waals surface area contributed by atoms with Crippen LogP contribution in [0, 0.1) is 0 Å². The van der Waals surface area contributed by atoms with Crippen LogP contribution in [0.1, 0.15) is 47.2 Å². The average Bonchev–Trinajstić information content (AvgIpc) is 3.45. The van der Waals surface area contributed by atoms with Crippen LogP contribution in [-0.4, -0.2) is 24.3 Å². The third-order valence-corrected chi connectivity index (χ3v) is 6.48. The Hall–Kier alpha value is -4.03. The molecular formula is C31H31NO5. The molecule has 0 fully saturated rings. The Bertz CT molecular complexity index is 1300. The number of hydrogen-bond acceptors (Lipinski definition) is 6. The monoisotopic (exact) mass is 497 g/mol. The normalized spacial score (nSPS) is 17.9. The van der Waals surface area contributed by atoms with Crippen LogP contribution in [0.2, 0.25) is 0 Å². The van der Waals surface area contributed by atoms with Gasteiger partial charge in [-0.05, 0) is 61.7 Å². The summed E-state index contributed by atoms with van der Waals surface area (Å²) in [7, 11) is 0. The molecule has 3 aromatic carbocycles. The molecule has 4 aromatic rings. The number of esters is 1. The van der Waals surface area contributed by atoms with E-state index in [2.05, 4.69) is 29.6 Å². The smallest absolute Gasteiger partial charge is 0.374 e. The fourth-order valence-corrected chi connectivity index (χ4v) is 4.54. The van der Waals surface area contributed by atoms with Crippen molar-refractivity contribution in [3.8, 4) is 5.75 Å². The number of fused-ring (bicyclic) bond motifs is 1. The zero-order valence-corrected chi connectivity index (χ0v) is 21.1. The zero-order chi connectivity index (χ0) is 25.7. The van der Waals surface area contributed by atoms with Gasteiger partial charge >= 0.3 is 5.97 Å². The molecule has 0 bridgehead atoms. The van der Waals surface area contributed by atoms with Crippen molar-refractivity contribution >= 4 is 11.7 Å². The van der Waals surface area contributed by atoms with Crippen molar-refractivity contribution < 1.29 is 23.4 Å². The number of carbonyl (C=O) groups is 1. The van der Waals surface area contributed by atoms with Crippen molar-refractivity contribution in [3.05, 3.63) is 120 Å². The van der Waals surface area contributed by atoms with Gasteiger partial charge in [-0.15, -0.1) is 0 Å². The number of hydrogen-bond donors (Lipinski definition) is 1. The average molecular weight is 498 g/mol. The van der Waals surface area contributed by atoms with E-state index in [1.807, 2.05) is 68.4 Å². The molecule has 1 aliphatic rings. The van der Waals surface area contributed by atoms with Crippen molar-refractivity contribution in [2.75, 3.05) is 11.9 Å². The maximum Gasteiger partial charge on any atom is 0.374 e. The quantitative estimate of drug-likeness (QED) is 0.263. The number of carbonyl (C=O) groups excluding carboxylic acids is 1. The van der Waals surface area contributed by atoms with E-state index >= 15 is 0 Å². The third-order valence-electron chi connectivity index (χ3n) is 6.48. The Morgan fingerprint density at radius 1 is 0.919 bits per heavy atom. The molecule has 0 radical (unpaired) electrons. The summed E-state index contributed by atoms with van der Waals surface area (Å²) in [6.45, 7) is 4.96. The summed E-state index contributed by atoms with van der Waals surface area (Å²) in [6, 6.07) is 29.6. The lowest BCUT2D eigenvalue weighted by atomic mass is 9.87. The molecule has 0 spiro atoms. The van der Waals surface area contributed by atoms with Crippen LogP contribution in [0.3, 0.4) is 0 Å². The molecule has 5 rings (SSSR count). The van der Waals surface area contributed by atoms with Crippen LogP contribution >= 0.6 is 0 Å². The topological polar surface area (TPSA) is 69.9 Å². The van der Waals surface area contributed by atoms with Gasteiger partial charge in [-0.25, -0.2) is 4.79 Å². The fraction of sp³-hybridized carbons (Fsp3) is 0.258. The van der Waals surface area contributed by atoms with E-state index in [9.17, 15) is 4.79 Å². The summed E-state index contributed by atoms with van der Waals surface area (Å²) < 4.78 is 24.1. The summed E-state index contributed by atoms with van der Waals surface area (Å²) in [5, 5.41) is 3.48. The van der Waals surface area contributed by atoms with Crippen LogP contribution in [0.4, 0.5) is 5.69 Å². The standard InChI is InChI=1S/C31H31NO5/c1-31(2)29(36-30(33)27-14-9-18-34-27)28(35-19-17-22-10-5-3-6-11-22)25-20-24(15-16-26(25)37-31)32-21-23-12-7-4-8-13-23/h3-16,18,20,28-29,32H,17,19,21H2,1-2H3. The zero-order valence-electron chi connectivity index (χ0n) is 21.1. The minimum Gasteiger partial charge on any atom is -0.483 e. The number of ether oxygens (including phenoxy) is 3. The van der Waals surface area contributed by atoms with Crippen molar-refractivity contribution in [1.82, 2.24) is 0 Å². The summed E-state index contributed by atoms with van der Waals surface area (Å²) >= 11 is 0. The summed E-state index contributed by atoms with van der Waals surface area (Å²) in [6.07, 6.45) is 0.962. The van der Waals surface area contributed by atoms with E-state index in [1.54, 1.807) is 12.1 Å². The first-order valence-electron chi connectivity index (χ1n) is 12.5. The van der Waals surface area contributed by atoms with Gasteiger partial charge in [-0.1, -0.05) is 60.7 Å². The highest BCUT2D eigenvalue weighted by Crippen LogP contribution is 2.44. The molecule has 0 aliphatic carbocycles. The van der Waals surface area contributed by atoms with Gasteiger partial charge in [0.05, 0.1) is 12.9 Å². The summed E-state index contributed by atoms with van der Waals surface area (Å²) in [4.78, 5) is 12.9. The van der Waals surface area contributed by atoms with Gasteiger partial charge in [-0.3, -0.25) is 0 Å². The Balaban J connectivity index is 1.41. The van der Waals surface area contributed by atoms with E-state index in [4.69, 9.17) is 18.6 Å². The molecule has 6 nitrogen and oxygen atoms in total. The number of nitrogens with one attached hydrogen (secondary N) is 1. The molecule has 0 saturated carbocycles. The molecule has 37 heavy (non-hydrogen) atoms.